The molecule has 1 saturated carbocycles. The predicted molar refractivity (Wildman–Crippen MR) is 125 cm³/mol. The number of hydrogen-bond donors (Lipinski definition) is 1. The van der Waals surface area contributed by atoms with E-state index in [0.717, 1.165) is 57.3 Å². The summed E-state index contributed by atoms with van der Waals surface area (Å²) >= 11 is 0. The summed E-state index contributed by atoms with van der Waals surface area (Å²) in [6, 6.07) is 9.73. The van der Waals surface area contributed by atoms with Crippen molar-refractivity contribution in [1.29, 1.82) is 0 Å². The Bertz CT molecular complexity index is 873. The van der Waals surface area contributed by atoms with Crippen molar-refractivity contribution in [3.8, 4) is 0 Å². The fourth-order valence-corrected chi connectivity index (χ4v) is 6.06. The fourth-order valence-electron chi connectivity index (χ4n) is 6.06. The summed E-state index contributed by atoms with van der Waals surface area (Å²) in [4.78, 5) is 45.4. The van der Waals surface area contributed by atoms with Crippen molar-refractivity contribution in [2.24, 2.45) is 11.8 Å². The first kappa shape index (κ1) is 22.4. The molecule has 0 aromatic heterocycles. The zero-order chi connectivity index (χ0) is 22.8. The first-order valence-corrected chi connectivity index (χ1v) is 12.8. The molecule has 5 rings (SSSR count). The lowest BCUT2D eigenvalue weighted by atomic mass is 9.73. The van der Waals surface area contributed by atoms with Gasteiger partial charge in [-0.25, -0.2) is 4.79 Å². The van der Waals surface area contributed by atoms with Crippen LogP contribution in [0.2, 0.25) is 0 Å². The van der Waals surface area contributed by atoms with E-state index in [1.807, 2.05) is 35.2 Å². The summed E-state index contributed by atoms with van der Waals surface area (Å²) in [6.45, 7) is 4.63. The van der Waals surface area contributed by atoms with Crippen LogP contribution in [0.3, 0.4) is 0 Å². The third kappa shape index (κ3) is 4.39. The second-order valence-electron chi connectivity index (χ2n) is 10.3. The third-order valence-corrected chi connectivity index (χ3v) is 8.32. The van der Waals surface area contributed by atoms with Gasteiger partial charge in [0.15, 0.2) is 0 Å². The van der Waals surface area contributed by atoms with E-state index in [1.165, 1.54) is 17.7 Å². The van der Waals surface area contributed by atoms with Gasteiger partial charge in [0.1, 0.15) is 5.54 Å². The molecule has 1 aromatic rings. The maximum Gasteiger partial charge on any atom is 0.325 e. The fraction of sp³-hybridized carbons (Fsp3) is 0.654. The number of rotatable bonds is 7. The minimum atomic E-state index is -0.922. The number of likely N-dealkylation sites (tertiary alicyclic amines) is 2. The summed E-state index contributed by atoms with van der Waals surface area (Å²) in [5.74, 6) is 0.426. The van der Waals surface area contributed by atoms with Crippen molar-refractivity contribution in [2.75, 3.05) is 39.3 Å². The number of amides is 4. The number of nitrogens with zero attached hydrogens (tertiary/aromatic N) is 3. The minimum absolute atomic E-state index is 0.0244. The van der Waals surface area contributed by atoms with Crippen molar-refractivity contribution < 1.29 is 14.4 Å². The van der Waals surface area contributed by atoms with Gasteiger partial charge >= 0.3 is 6.03 Å². The van der Waals surface area contributed by atoms with Crippen LogP contribution in [0.15, 0.2) is 30.3 Å². The highest BCUT2D eigenvalue weighted by Crippen LogP contribution is 2.38. The van der Waals surface area contributed by atoms with Crippen LogP contribution in [-0.4, -0.2) is 77.4 Å². The molecule has 3 saturated heterocycles. The van der Waals surface area contributed by atoms with Crippen molar-refractivity contribution in [1.82, 2.24) is 20.0 Å². The van der Waals surface area contributed by atoms with Gasteiger partial charge in [0.25, 0.3) is 5.91 Å². The maximum absolute atomic E-state index is 13.9. The molecule has 3 heterocycles. The largest absolute Gasteiger partial charge is 0.342 e. The lowest BCUT2D eigenvalue weighted by Crippen LogP contribution is -2.58. The van der Waals surface area contributed by atoms with Crippen molar-refractivity contribution in [2.45, 2.75) is 56.9 Å². The Balaban J connectivity index is 1.32. The quantitative estimate of drug-likeness (QED) is 0.646. The Kier molecular flexibility index (Phi) is 6.41. The van der Waals surface area contributed by atoms with Gasteiger partial charge in [0.2, 0.25) is 5.91 Å². The molecule has 33 heavy (non-hydrogen) atoms. The molecule has 3 aliphatic heterocycles. The Morgan fingerprint density at radius 3 is 2.24 bits per heavy atom. The third-order valence-electron chi connectivity index (χ3n) is 8.32. The number of hydrogen-bond acceptors (Lipinski definition) is 4. The molecule has 4 aliphatic rings. The molecule has 1 aliphatic carbocycles. The normalized spacial score (nSPS) is 27.2. The van der Waals surface area contributed by atoms with Crippen LogP contribution in [0.1, 0.15) is 50.5 Å². The van der Waals surface area contributed by atoms with Crippen LogP contribution in [0.4, 0.5) is 4.79 Å². The minimum Gasteiger partial charge on any atom is -0.342 e. The smallest absolute Gasteiger partial charge is 0.325 e. The molecule has 0 radical (unpaired) electrons. The van der Waals surface area contributed by atoms with Gasteiger partial charge in [0, 0.05) is 38.5 Å². The van der Waals surface area contributed by atoms with Gasteiger partial charge < -0.3 is 15.1 Å². The zero-order valence-corrected chi connectivity index (χ0v) is 19.5. The molecular formula is C26H36N4O3. The Labute approximate surface area is 196 Å². The summed E-state index contributed by atoms with van der Waals surface area (Å²) in [5.41, 5.74) is 0.134. The average Bonchev–Trinajstić information content (AvgIpc) is 3.39. The van der Waals surface area contributed by atoms with Crippen LogP contribution in [-0.2, 0) is 16.0 Å². The number of carbonyl (C=O) groups excluding carboxylic acids is 3. The van der Waals surface area contributed by atoms with E-state index in [0.29, 0.717) is 26.1 Å². The topological polar surface area (TPSA) is 73.0 Å². The monoisotopic (exact) mass is 452 g/mol. The molecule has 7 nitrogen and oxygen atoms in total. The van der Waals surface area contributed by atoms with E-state index in [-0.39, 0.29) is 29.7 Å². The molecule has 0 unspecified atom stereocenters. The molecule has 178 valence electrons. The SMILES string of the molecule is O=C(C1CCC1)N1CCC([C@@]2(Cc3ccccc3)NC(=O)N(CCN3CCCC3)C2=O)CC1. The van der Waals surface area contributed by atoms with Crippen LogP contribution in [0, 0.1) is 11.8 Å². The molecular weight excluding hydrogens is 416 g/mol. The van der Waals surface area contributed by atoms with Crippen LogP contribution < -0.4 is 5.32 Å². The number of imide groups is 1. The maximum atomic E-state index is 13.9. The van der Waals surface area contributed by atoms with Crippen LogP contribution in [0.25, 0.3) is 0 Å². The van der Waals surface area contributed by atoms with Crippen LogP contribution in [0.5, 0.6) is 0 Å². The second-order valence-corrected chi connectivity index (χ2v) is 10.3. The van der Waals surface area contributed by atoms with Crippen LogP contribution >= 0.6 is 0 Å². The molecule has 1 N–H and O–H groups in total. The van der Waals surface area contributed by atoms with Gasteiger partial charge in [-0.2, -0.15) is 0 Å². The van der Waals surface area contributed by atoms with E-state index in [2.05, 4.69) is 10.2 Å². The van der Waals surface area contributed by atoms with E-state index < -0.39 is 5.54 Å². The number of carbonyl (C=O) groups is 3. The summed E-state index contributed by atoms with van der Waals surface area (Å²) in [6.07, 6.45) is 7.55. The summed E-state index contributed by atoms with van der Waals surface area (Å²) in [5, 5.41) is 3.17. The number of benzene rings is 1. The van der Waals surface area contributed by atoms with Gasteiger partial charge in [-0.1, -0.05) is 36.8 Å². The molecule has 0 spiro atoms. The molecule has 7 heteroatoms. The van der Waals surface area contributed by atoms with Gasteiger partial charge in [-0.3, -0.25) is 14.5 Å². The van der Waals surface area contributed by atoms with E-state index >= 15 is 0 Å². The number of piperidine rings is 1. The van der Waals surface area contributed by atoms with E-state index in [4.69, 9.17) is 0 Å². The summed E-state index contributed by atoms with van der Waals surface area (Å²) in [7, 11) is 0. The lowest BCUT2D eigenvalue weighted by Gasteiger charge is -2.42. The molecule has 1 atom stereocenters. The van der Waals surface area contributed by atoms with Gasteiger partial charge in [-0.05, 0) is 63.1 Å². The first-order valence-electron chi connectivity index (χ1n) is 12.8. The van der Waals surface area contributed by atoms with Gasteiger partial charge in [0.05, 0.1) is 0 Å². The zero-order valence-electron chi connectivity index (χ0n) is 19.5. The van der Waals surface area contributed by atoms with E-state index in [1.54, 1.807) is 0 Å². The van der Waals surface area contributed by atoms with Crippen molar-refractivity contribution in [3.63, 3.8) is 0 Å². The highest BCUT2D eigenvalue weighted by atomic mass is 16.2. The molecule has 4 amide bonds. The predicted octanol–water partition coefficient (Wildman–Crippen LogP) is 2.65. The first-order chi connectivity index (χ1) is 16.1. The Morgan fingerprint density at radius 1 is 0.909 bits per heavy atom. The van der Waals surface area contributed by atoms with E-state index in [9.17, 15) is 14.4 Å². The number of nitrogens with one attached hydrogen (secondary N) is 1. The molecule has 4 fully saturated rings. The second kappa shape index (κ2) is 9.45. The highest BCUT2D eigenvalue weighted by molar-refractivity contribution is 6.07. The standard InChI is InChI=1S/C26H36N4O3/c31-23(21-9-6-10-21)29-15-11-22(12-16-29)26(19-20-7-2-1-3-8-20)24(32)30(25(33)27-26)18-17-28-13-4-5-14-28/h1-3,7-8,21-22H,4-6,9-19H2,(H,27,33)/t26-/m1/s1. The average molecular weight is 453 g/mol. The lowest BCUT2D eigenvalue weighted by molar-refractivity contribution is -0.140. The Morgan fingerprint density at radius 2 is 1.61 bits per heavy atom. The molecule has 1 aromatic carbocycles. The number of urea groups is 1. The van der Waals surface area contributed by atoms with Gasteiger partial charge in [-0.15, -0.1) is 0 Å². The summed E-state index contributed by atoms with van der Waals surface area (Å²) < 4.78 is 0. The van der Waals surface area contributed by atoms with Crippen molar-refractivity contribution >= 4 is 17.8 Å². The Hall–Kier alpha value is -2.41. The molecule has 0 bridgehead atoms. The highest BCUT2D eigenvalue weighted by Gasteiger charge is 2.56. The van der Waals surface area contributed by atoms with Crippen molar-refractivity contribution in [3.05, 3.63) is 35.9 Å².